The summed E-state index contributed by atoms with van der Waals surface area (Å²) in [5.74, 6) is 0. The van der Waals surface area contributed by atoms with Crippen LogP contribution in [0.25, 0.3) is 0 Å². The number of halogens is 4. The van der Waals surface area contributed by atoms with Crippen LogP contribution in [0, 0.1) is 0 Å². The van der Waals surface area contributed by atoms with Crippen molar-refractivity contribution >= 4 is 17.3 Å². The van der Waals surface area contributed by atoms with Crippen LogP contribution in [0.15, 0.2) is 18.2 Å². The Bertz CT molecular complexity index is 393. The van der Waals surface area contributed by atoms with Crippen molar-refractivity contribution in [2.45, 2.75) is 19.6 Å². The van der Waals surface area contributed by atoms with E-state index in [2.05, 4.69) is 5.32 Å². The van der Waals surface area contributed by atoms with Crippen LogP contribution in [0.1, 0.15) is 12.5 Å². The highest BCUT2D eigenvalue weighted by Gasteiger charge is 2.30. The van der Waals surface area contributed by atoms with Crippen molar-refractivity contribution in [1.82, 2.24) is 5.32 Å². The van der Waals surface area contributed by atoms with Gasteiger partial charge in [0.2, 0.25) is 0 Å². The summed E-state index contributed by atoms with van der Waals surface area (Å²) >= 11 is 5.84. The Morgan fingerprint density at radius 3 is 2.56 bits per heavy atom. The number of alkyl halides is 3. The Labute approximate surface area is 110 Å². The van der Waals surface area contributed by atoms with Crippen LogP contribution >= 0.6 is 11.6 Å². The van der Waals surface area contributed by atoms with Gasteiger partial charge >= 0.3 is 6.18 Å². The molecule has 0 saturated carbocycles. The molecule has 0 radical (unpaired) electrons. The summed E-state index contributed by atoms with van der Waals surface area (Å²) in [7, 11) is 1.41. The quantitative estimate of drug-likeness (QED) is 0.889. The second-order valence-corrected chi connectivity index (χ2v) is 4.46. The molecule has 0 fully saturated rings. The molecular formula is C12H16ClF3N2. The maximum absolute atomic E-state index is 12.4. The lowest BCUT2D eigenvalue weighted by atomic mass is 10.1. The maximum atomic E-state index is 12.4. The molecule has 0 unspecified atom stereocenters. The molecule has 0 bridgehead atoms. The number of hydrogen-bond donors (Lipinski definition) is 1. The molecule has 18 heavy (non-hydrogen) atoms. The Kier molecular flexibility index (Phi) is 5.28. The van der Waals surface area contributed by atoms with Crippen molar-refractivity contribution in [3.05, 3.63) is 28.8 Å². The molecule has 0 spiro atoms. The predicted octanol–water partition coefficient (Wildman–Crippen LogP) is 3.45. The third-order valence-corrected chi connectivity index (χ3v) is 2.68. The van der Waals surface area contributed by atoms with Crippen LogP contribution in [-0.4, -0.2) is 26.3 Å². The zero-order valence-electron chi connectivity index (χ0n) is 10.3. The molecule has 1 rings (SSSR count). The minimum absolute atomic E-state index is 0.430. The summed E-state index contributed by atoms with van der Waals surface area (Å²) in [4.78, 5) is 1.17. The first kappa shape index (κ1) is 15.1. The lowest BCUT2D eigenvalue weighted by Crippen LogP contribution is -2.32. The first-order chi connectivity index (χ1) is 8.33. The molecule has 0 heterocycles. The van der Waals surface area contributed by atoms with Crippen LogP contribution in [-0.2, 0) is 6.54 Å². The van der Waals surface area contributed by atoms with Gasteiger partial charge in [0.25, 0.3) is 0 Å². The lowest BCUT2D eigenvalue weighted by molar-refractivity contribution is -0.119. The van der Waals surface area contributed by atoms with Gasteiger partial charge in [-0.25, -0.2) is 0 Å². The molecule has 1 N–H and O–H groups in total. The zero-order chi connectivity index (χ0) is 13.8. The third-order valence-electron chi connectivity index (χ3n) is 2.44. The molecule has 0 aliphatic rings. The lowest BCUT2D eigenvalue weighted by Gasteiger charge is -2.24. The van der Waals surface area contributed by atoms with Gasteiger partial charge < -0.3 is 10.2 Å². The third kappa shape index (κ3) is 4.74. The van der Waals surface area contributed by atoms with Crippen molar-refractivity contribution in [1.29, 1.82) is 0 Å². The van der Waals surface area contributed by atoms with E-state index < -0.39 is 12.7 Å². The molecule has 1 aromatic carbocycles. The van der Waals surface area contributed by atoms with Gasteiger partial charge in [0, 0.05) is 24.3 Å². The van der Waals surface area contributed by atoms with E-state index in [0.717, 1.165) is 12.1 Å². The van der Waals surface area contributed by atoms with E-state index in [4.69, 9.17) is 11.6 Å². The second kappa shape index (κ2) is 6.29. The summed E-state index contributed by atoms with van der Waals surface area (Å²) in [5, 5.41) is 3.52. The minimum atomic E-state index is -4.23. The fraction of sp³-hybridized carbons (Fsp3) is 0.500. The highest BCUT2D eigenvalue weighted by Crippen LogP contribution is 2.27. The van der Waals surface area contributed by atoms with Crippen molar-refractivity contribution in [2.24, 2.45) is 0 Å². The summed E-state index contributed by atoms with van der Waals surface area (Å²) < 4.78 is 37.2. The van der Waals surface area contributed by atoms with Crippen molar-refractivity contribution in [3.8, 4) is 0 Å². The van der Waals surface area contributed by atoms with E-state index in [1.807, 2.05) is 6.92 Å². The van der Waals surface area contributed by atoms with Crippen LogP contribution in [0.2, 0.25) is 5.02 Å². The van der Waals surface area contributed by atoms with Gasteiger partial charge in [0.1, 0.15) is 6.54 Å². The minimum Gasteiger partial charge on any atom is -0.365 e. The van der Waals surface area contributed by atoms with Gasteiger partial charge in [-0.1, -0.05) is 24.6 Å². The molecule has 0 atom stereocenters. The first-order valence-electron chi connectivity index (χ1n) is 5.60. The Balaban J connectivity index is 2.93. The number of benzene rings is 1. The highest BCUT2D eigenvalue weighted by atomic mass is 35.5. The zero-order valence-corrected chi connectivity index (χ0v) is 11.1. The van der Waals surface area contributed by atoms with E-state index in [9.17, 15) is 13.2 Å². The van der Waals surface area contributed by atoms with Gasteiger partial charge in [-0.2, -0.15) is 13.2 Å². The Hall–Kier alpha value is -0.940. The van der Waals surface area contributed by atoms with E-state index in [1.165, 1.54) is 11.9 Å². The Morgan fingerprint density at radius 1 is 1.33 bits per heavy atom. The normalized spacial score (nSPS) is 11.7. The topological polar surface area (TPSA) is 15.3 Å². The second-order valence-electron chi connectivity index (χ2n) is 4.02. The molecule has 6 heteroatoms. The Morgan fingerprint density at radius 2 is 2.00 bits per heavy atom. The average molecular weight is 281 g/mol. The van der Waals surface area contributed by atoms with Crippen molar-refractivity contribution in [2.75, 3.05) is 25.0 Å². The summed E-state index contributed by atoms with van der Waals surface area (Å²) in [6, 6.07) is 4.98. The van der Waals surface area contributed by atoms with E-state index in [-0.39, 0.29) is 0 Å². The molecule has 1 aromatic rings. The smallest absolute Gasteiger partial charge is 0.365 e. The van der Waals surface area contributed by atoms with Gasteiger partial charge in [-0.05, 0) is 24.2 Å². The van der Waals surface area contributed by atoms with Crippen molar-refractivity contribution in [3.63, 3.8) is 0 Å². The van der Waals surface area contributed by atoms with Crippen LogP contribution in [0.3, 0.4) is 0 Å². The molecular weight excluding hydrogens is 265 g/mol. The molecule has 0 aliphatic carbocycles. The maximum Gasteiger partial charge on any atom is 0.405 e. The molecule has 0 saturated heterocycles. The summed E-state index contributed by atoms with van der Waals surface area (Å²) in [6.07, 6.45) is -4.23. The largest absolute Gasteiger partial charge is 0.405 e. The summed E-state index contributed by atoms with van der Waals surface area (Å²) in [6.45, 7) is 2.22. The summed E-state index contributed by atoms with van der Waals surface area (Å²) in [5.41, 5.74) is 1.30. The number of nitrogens with one attached hydrogen (secondary N) is 1. The molecule has 2 nitrogen and oxygen atoms in total. The monoisotopic (exact) mass is 280 g/mol. The van der Waals surface area contributed by atoms with Crippen LogP contribution < -0.4 is 10.2 Å². The fourth-order valence-electron chi connectivity index (χ4n) is 1.66. The first-order valence-corrected chi connectivity index (χ1v) is 5.98. The van der Waals surface area contributed by atoms with Crippen molar-refractivity contribution < 1.29 is 13.2 Å². The molecule has 0 aromatic heterocycles. The number of anilines is 1. The van der Waals surface area contributed by atoms with Gasteiger partial charge in [-0.3, -0.25) is 0 Å². The average Bonchev–Trinajstić information content (AvgIpc) is 2.25. The van der Waals surface area contributed by atoms with E-state index in [0.29, 0.717) is 17.3 Å². The van der Waals surface area contributed by atoms with Crippen LogP contribution in [0.4, 0.5) is 18.9 Å². The number of rotatable bonds is 5. The molecule has 0 amide bonds. The number of nitrogens with zero attached hydrogens (tertiary/aromatic N) is 1. The van der Waals surface area contributed by atoms with Crippen LogP contribution in [0.5, 0.6) is 0 Å². The predicted molar refractivity (Wildman–Crippen MR) is 68.2 cm³/mol. The van der Waals surface area contributed by atoms with E-state index in [1.54, 1.807) is 18.2 Å². The number of hydrogen-bond acceptors (Lipinski definition) is 2. The van der Waals surface area contributed by atoms with Gasteiger partial charge in [0.15, 0.2) is 0 Å². The van der Waals surface area contributed by atoms with Gasteiger partial charge in [0.05, 0.1) is 0 Å². The SMILES string of the molecule is CCNCc1ccc(Cl)cc1N(C)CC(F)(F)F. The fourth-order valence-corrected chi connectivity index (χ4v) is 1.82. The molecule has 102 valence electrons. The van der Waals surface area contributed by atoms with Gasteiger partial charge in [-0.15, -0.1) is 0 Å². The highest BCUT2D eigenvalue weighted by molar-refractivity contribution is 6.30. The standard InChI is InChI=1S/C12H16ClF3N2/c1-3-17-7-9-4-5-10(13)6-11(9)18(2)8-12(14,15)16/h4-6,17H,3,7-8H2,1-2H3. The van der Waals surface area contributed by atoms with E-state index >= 15 is 0 Å². The molecule has 0 aliphatic heterocycles.